The van der Waals surface area contributed by atoms with Gasteiger partial charge in [-0.2, -0.15) is 5.26 Å². The van der Waals surface area contributed by atoms with Crippen molar-refractivity contribution in [3.8, 4) is 6.07 Å². The molecule has 0 saturated carbocycles. The van der Waals surface area contributed by atoms with Crippen molar-refractivity contribution in [2.24, 2.45) is 0 Å². The minimum absolute atomic E-state index is 0.365. The van der Waals surface area contributed by atoms with Gasteiger partial charge >= 0.3 is 0 Å². The Balaban J connectivity index is 2.46. The molecule has 13 heavy (non-hydrogen) atoms. The minimum atomic E-state index is 0.365. The number of hydrogen-bond donors (Lipinski definition) is 0. The first-order valence-electron chi connectivity index (χ1n) is 3.93. The molecular weight excluding hydrogens is 182 g/mol. The lowest BCUT2D eigenvalue weighted by Crippen LogP contribution is -2.04. The average Bonchev–Trinajstić information content (AvgIpc) is 2.19. The normalized spacial score (nSPS) is 8.85. The summed E-state index contributed by atoms with van der Waals surface area (Å²) in [7, 11) is 0. The lowest BCUT2D eigenvalue weighted by atomic mass is 10.2. The second kappa shape index (κ2) is 5.28. The summed E-state index contributed by atoms with van der Waals surface area (Å²) in [6.07, 6.45) is 0.368. The van der Waals surface area contributed by atoms with E-state index in [9.17, 15) is 0 Å². The van der Waals surface area contributed by atoms with Crippen molar-refractivity contribution < 1.29 is 4.74 Å². The van der Waals surface area contributed by atoms with Gasteiger partial charge in [-0.1, -0.05) is 30.3 Å². The Hall–Kier alpha value is -1.40. The molecule has 0 saturated heterocycles. The molecule has 0 N–H and O–H groups in total. The van der Waals surface area contributed by atoms with E-state index in [1.165, 1.54) is 0 Å². The van der Waals surface area contributed by atoms with Gasteiger partial charge in [0.2, 0.25) is 0 Å². The van der Waals surface area contributed by atoms with Crippen LogP contribution in [0.1, 0.15) is 12.0 Å². The molecule has 1 rings (SSSR count). The van der Waals surface area contributed by atoms with Crippen molar-refractivity contribution in [3.05, 3.63) is 35.9 Å². The van der Waals surface area contributed by atoms with Crippen molar-refractivity contribution in [2.45, 2.75) is 6.42 Å². The van der Waals surface area contributed by atoms with Crippen LogP contribution in [0.5, 0.6) is 0 Å². The van der Waals surface area contributed by atoms with Gasteiger partial charge in [0.15, 0.2) is 5.05 Å². The van der Waals surface area contributed by atoms with Gasteiger partial charge in [-0.3, -0.25) is 0 Å². The van der Waals surface area contributed by atoms with Gasteiger partial charge in [-0.15, -0.1) is 0 Å². The van der Waals surface area contributed by atoms with E-state index in [0.29, 0.717) is 18.1 Å². The molecule has 1 aromatic carbocycles. The molecule has 0 fully saturated rings. The van der Waals surface area contributed by atoms with Crippen LogP contribution in [0.3, 0.4) is 0 Å². The lowest BCUT2D eigenvalue weighted by Gasteiger charge is -2.04. The smallest absolute Gasteiger partial charge is 0.191 e. The third kappa shape index (κ3) is 3.22. The summed E-state index contributed by atoms with van der Waals surface area (Å²) in [5, 5.41) is 8.73. The summed E-state index contributed by atoms with van der Waals surface area (Å²) in [6, 6.07) is 11.5. The van der Waals surface area contributed by atoms with Crippen LogP contribution in [0.15, 0.2) is 30.3 Å². The van der Waals surface area contributed by atoms with Crippen molar-refractivity contribution in [1.82, 2.24) is 0 Å². The molecule has 0 bridgehead atoms. The fraction of sp³-hybridized carbons (Fsp3) is 0.200. The van der Waals surface area contributed by atoms with Crippen molar-refractivity contribution in [3.63, 3.8) is 0 Å². The number of nitrogens with zero attached hydrogens (tertiary/aromatic N) is 1. The van der Waals surface area contributed by atoms with Crippen LogP contribution in [0.25, 0.3) is 0 Å². The van der Waals surface area contributed by atoms with E-state index in [1.54, 1.807) is 0 Å². The Labute approximate surface area is 82.8 Å². The van der Waals surface area contributed by atoms with Gasteiger partial charge < -0.3 is 4.74 Å². The number of benzene rings is 1. The molecule has 0 aromatic heterocycles. The minimum Gasteiger partial charge on any atom is -0.482 e. The molecule has 0 radical (unpaired) electrons. The zero-order valence-corrected chi connectivity index (χ0v) is 7.88. The van der Waals surface area contributed by atoms with Gasteiger partial charge in [0.25, 0.3) is 0 Å². The SMILES string of the molecule is N#CCCOC(=S)c1ccccc1. The number of thiocarbonyl (C=S) groups is 1. The zero-order valence-electron chi connectivity index (χ0n) is 7.06. The van der Waals surface area contributed by atoms with Crippen LogP contribution in [0.4, 0.5) is 0 Å². The summed E-state index contributed by atoms with van der Waals surface area (Å²) >= 11 is 5.00. The van der Waals surface area contributed by atoms with Gasteiger partial charge in [0.05, 0.1) is 12.5 Å². The number of rotatable bonds is 3. The second-order valence-corrected chi connectivity index (χ2v) is 2.78. The Kier molecular flexibility index (Phi) is 3.94. The molecule has 0 aliphatic heterocycles. The lowest BCUT2D eigenvalue weighted by molar-refractivity contribution is 0.323. The first-order chi connectivity index (χ1) is 6.34. The molecule has 0 amide bonds. The van der Waals surface area contributed by atoms with Crippen molar-refractivity contribution in [2.75, 3.05) is 6.61 Å². The molecule has 0 unspecified atom stereocenters. The van der Waals surface area contributed by atoms with Crippen LogP contribution in [-0.2, 0) is 4.74 Å². The van der Waals surface area contributed by atoms with Crippen molar-refractivity contribution in [1.29, 1.82) is 5.26 Å². The maximum atomic E-state index is 8.28. The van der Waals surface area contributed by atoms with Gasteiger partial charge in [0.1, 0.15) is 6.61 Å². The molecule has 0 heterocycles. The van der Waals surface area contributed by atoms with Crippen LogP contribution >= 0.6 is 12.2 Å². The predicted octanol–water partition coefficient (Wildman–Crippen LogP) is 2.29. The van der Waals surface area contributed by atoms with Crippen molar-refractivity contribution >= 4 is 17.3 Å². The highest BCUT2D eigenvalue weighted by Crippen LogP contribution is 2.02. The quantitative estimate of drug-likeness (QED) is 0.543. The molecule has 0 aliphatic carbocycles. The maximum absolute atomic E-state index is 8.28. The summed E-state index contributed by atoms with van der Waals surface area (Å²) in [5.74, 6) is 0. The highest BCUT2D eigenvalue weighted by Gasteiger charge is 1.99. The maximum Gasteiger partial charge on any atom is 0.191 e. The standard InChI is InChI=1S/C10H9NOS/c11-7-4-8-12-10(13)9-5-2-1-3-6-9/h1-3,5-6H,4,8H2. The van der Waals surface area contributed by atoms with E-state index < -0.39 is 0 Å². The number of ether oxygens (including phenoxy) is 1. The topological polar surface area (TPSA) is 33.0 Å². The molecule has 3 heteroatoms. The van der Waals surface area contributed by atoms with Gasteiger partial charge in [-0.25, -0.2) is 0 Å². The summed E-state index contributed by atoms with van der Waals surface area (Å²) in [5.41, 5.74) is 0.885. The van der Waals surface area contributed by atoms with Gasteiger partial charge in [-0.05, 0) is 12.2 Å². The third-order valence-corrected chi connectivity index (χ3v) is 1.81. The molecular formula is C10H9NOS. The number of nitriles is 1. The van der Waals surface area contributed by atoms with Crippen LogP contribution < -0.4 is 0 Å². The largest absolute Gasteiger partial charge is 0.482 e. The predicted molar refractivity (Wildman–Crippen MR) is 54.3 cm³/mol. The summed E-state index contributed by atoms with van der Waals surface area (Å²) in [4.78, 5) is 0. The Morgan fingerprint density at radius 2 is 2.08 bits per heavy atom. The van der Waals surface area contributed by atoms with E-state index in [-0.39, 0.29) is 0 Å². The average molecular weight is 191 g/mol. The summed E-state index contributed by atoms with van der Waals surface area (Å²) in [6.45, 7) is 0.365. The first kappa shape index (κ1) is 9.69. The molecule has 2 nitrogen and oxygen atoms in total. The third-order valence-electron chi connectivity index (χ3n) is 1.46. The molecule has 0 atom stereocenters. The highest BCUT2D eigenvalue weighted by molar-refractivity contribution is 7.80. The van der Waals surface area contributed by atoms with E-state index in [4.69, 9.17) is 22.2 Å². The second-order valence-electron chi connectivity index (χ2n) is 2.41. The van der Waals surface area contributed by atoms with E-state index >= 15 is 0 Å². The molecule has 1 aromatic rings. The van der Waals surface area contributed by atoms with E-state index in [2.05, 4.69) is 0 Å². The highest BCUT2D eigenvalue weighted by atomic mass is 32.1. The fourth-order valence-corrected chi connectivity index (χ4v) is 1.07. The molecule has 0 aliphatic rings. The van der Waals surface area contributed by atoms with Crippen LogP contribution in [-0.4, -0.2) is 11.7 Å². The van der Waals surface area contributed by atoms with E-state index in [1.807, 2.05) is 36.4 Å². The molecule has 0 spiro atoms. The summed E-state index contributed by atoms with van der Waals surface area (Å²) < 4.78 is 5.18. The zero-order chi connectivity index (χ0) is 9.52. The van der Waals surface area contributed by atoms with Crippen LogP contribution in [0.2, 0.25) is 0 Å². The first-order valence-corrected chi connectivity index (χ1v) is 4.34. The molecule has 66 valence electrons. The number of hydrogen-bond acceptors (Lipinski definition) is 3. The Morgan fingerprint density at radius 1 is 1.38 bits per heavy atom. The fourth-order valence-electron chi connectivity index (χ4n) is 0.847. The van der Waals surface area contributed by atoms with E-state index in [0.717, 1.165) is 5.56 Å². The Morgan fingerprint density at radius 3 is 2.69 bits per heavy atom. The Bertz CT molecular complexity index is 315. The van der Waals surface area contributed by atoms with Gasteiger partial charge in [0, 0.05) is 5.56 Å². The van der Waals surface area contributed by atoms with Crippen LogP contribution in [0, 0.1) is 11.3 Å². The monoisotopic (exact) mass is 191 g/mol.